The summed E-state index contributed by atoms with van der Waals surface area (Å²) in [6.45, 7) is 4.02. The van der Waals surface area contributed by atoms with Crippen LogP contribution in [-0.2, 0) is 4.74 Å². The molecule has 0 aromatic heterocycles. The summed E-state index contributed by atoms with van der Waals surface area (Å²) < 4.78 is 4.66. The van der Waals surface area contributed by atoms with Crippen LogP contribution in [0.4, 0.5) is 0 Å². The van der Waals surface area contributed by atoms with E-state index in [1.807, 2.05) is 0 Å². The van der Waals surface area contributed by atoms with E-state index in [9.17, 15) is 0 Å². The lowest BCUT2D eigenvalue weighted by atomic mass is 10.3. The van der Waals surface area contributed by atoms with Gasteiger partial charge < -0.3 is 9.84 Å². The minimum atomic E-state index is -0.509. The zero-order valence-corrected chi connectivity index (χ0v) is 3.42. The highest BCUT2D eigenvalue weighted by Crippen LogP contribution is 2.11. The second kappa shape index (κ2) is 1.21. The van der Waals surface area contributed by atoms with Crippen LogP contribution in [0.5, 0.6) is 0 Å². The van der Waals surface area contributed by atoms with E-state index in [0.717, 1.165) is 0 Å². The lowest BCUT2D eigenvalue weighted by Gasteiger charge is -1.90. The first-order valence-electron chi connectivity index (χ1n) is 1.93. The topological polar surface area (TPSA) is 32.8 Å². The maximum Gasteiger partial charge on any atom is 0.107 e. The van der Waals surface area contributed by atoms with Gasteiger partial charge >= 0.3 is 0 Å². The van der Waals surface area contributed by atoms with Crippen molar-refractivity contribution in [2.24, 2.45) is 0 Å². The van der Waals surface area contributed by atoms with Crippen molar-refractivity contribution < 1.29 is 9.84 Å². The number of ether oxygens (including phenoxy) is 1. The molecule has 0 spiro atoms. The molecular weight excluding hydrogens is 80.0 g/mol. The number of epoxide rings is 1. The van der Waals surface area contributed by atoms with E-state index in [2.05, 4.69) is 11.7 Å². The number of hydrogen-bond donors (Lipinski definition) is 1. The van der Waals surface area contributed by atoms with Crippen molar-refractivity contribution in [3.05, 3.63) is 6.92 Å². The number of aliphatic hydroxyl groups is 1. The monoisotopic (exact) mass is 87.0 g/mol. The first kappa shape index (κ1) is 4.09. The molecule has 35 valence electrons. The smallest absolute Gasteiger partial charge is 0.107 e. The predicted molar refractivity (Wildman–Crippen MR) is 21.1 cm³/mol. The standard InChI is InChI=1S/C4H7O2/c1-3(5)4-2-6-4/h3-5H,1-2H2. The van der Waals surface area contributed by atoms with Crippen molar-refractivity contribution in [2.45, 2.75) is 12.2 Å². The fourth-order valence-corrected chi connectivity index (χ4v) is 0.278. The Morgan fingerprint density at radius 2 is 2.50 bits per heavy atom. The van der Waals surface area contributed by atoms with Crippen molar-refractivity contribution in [1.29, 1.82) is 0 Å². The van der Waals surface area contributed by atoms with Crippen LogP contribution in [0.2, 0.25) is 0 Å². The highest BCUT2D eigenvalue weighted by Gasteiger charge is 2.27. The Kier molecular flexibility index (Phi) is 0.821. The third-order valence-corrected chi connectivity index (χ3v) is 0.788. The molecule has 1 aliphatic heterocycles. The number of aliphatic hydroxyl groups excluding tert-OH is 1. The Balaban J connectivity index is 2.13. The third-order valence-electron chi connectivity index (χ3n) is 0.788. The fourth-order valence-electron chi connectivity index (χ4n) is 0.278. The van der Waals surface area contributed by atoms with Crippen molar-refractivity contribution in [1.82, 2.24) is 0 Å². The van der Waals surface area contributed by atoms with Crippen LogP contribution < -0.4 is 0 Å². The maximum atomic E-state index is 8.46. The summed E-state index contributed by atoms with van der Waals surface area (Å²) in [4.78, 5) is 0. The minimum Gasteiger partial charge on any atom is -0.390 e. The first-order chi connectivity index (χ1) is 2.80. The molecule has 1 rings (SSSR count). The highest BCUT2D eigenvalue weighted by atomic mass is 16.6. The van der Waals surface area contributed by atoms with Crippen LogP contribution in [0.25, 0.3) is 0 Å². The first-order valence-corrected chi connectivity index (χ1v) is 1.93. The van der Waals surface area contributed by atoms with Gasteiger partial charge in [0.15, 0.2) is 0 Å². The SMILES string of the molecule is [CH2]C(O)C1CO1. The lowest BCUT2D eigenvalue weighted by Crippen LogP contribution is -2.07. The lowest BCUT2D eigenvalue weighted by molar-refractivity contribution is 0.175. The molecule has 2 nitrogen and oxygen atoms in total. The molecule has 0 aromatic rings. The Morgan fingerprint density at radius 1 is 2.00 bits per heavy atom. The highest BCUT2D eigenvalue weighted by molar-refractivity contribution is 4.79. The zero-order valence-electron chi connectivity index (χ0n) is 3.42. The van der Waals surface area contributed by atoms with Gasteiger partial charge in [-0.05, 0) is 6.92 Å². The summed E-state index contributed by atoms with van der Waals surface area (Å²) in [5, 5.41) is 8.46. The Labute approximate surface area is 36.7 Å². The van der Waals surface area contributed by atoms with E-state index in [1.165, 1.54) is 0 Å². The molecule has 1 radical (unpaired) electrons. The molecule has 0 saturated carbocycles. The van der Waals surface area contributed by atoms with E-state index in [0.29, 0.717) is 6.61 Å². The molecule has 1 N–H and O–H groups in total. The van der Waals surface area contributed by atoms with Gasteiger partial charge in [0.05, 0.1) is 12.7 Å². The molecule has 1 fully saturated rings. The molecule has 2 unspecified atom stereocenters. The molecule has 6 heavy (non-hydrogen) atoms. The summed E-state index contributed by atoms with van der Waals surface area (Å²) in [7, 11) is 0. The van der Waals surface area contributed by atoms with Crippen molar-refractivity contribution in [3.8, 4) is 0 Å². The Bertz CT molecular complexity index is 47.5. The van der Waals surface area contributed by atoms with Crippen molar-refractivity contribution in [3.63, 3.8) is 0 Å². The molecule has 0 bridgehead atoms. The van der Waals surface area contributed by atoms with E-state index in [4.69, 9.17) is 5.11 Å². The van der Waals surface area contributed by atoms with Crippen LogP contribution in [0.1, 0.15) is 0 Å². The number of rotatable bonds is 1. The van der Waals surface area contributed by atoms with Crippen LogP contribution in [0.15, 0.2) is 0 Å². The normalized spacial score (nSPS) is 36.0. The molecule has 1 aliphatic rings. The van der Waals surface area contributed by atoms with Crippen molar-refractivity contribution in [2.75, 3.05) is 6.61 Å². The molecule has 1 heterocycles. The molecule has 1 saturated heterocycles. The summed E-state index contributed by atoms with van der Waals surface area (Å²) in [5.41, 5.74) is 0. The predicted octanol–water partition coefficient (Wildman–Crippen LogP) is -0.420. The van der Waals surface area contributed by atoms with Gasteiger partial charge in [0.25, 0.3) is 0 Å². The largest absolute Gasteiger partial charge is 0.390 e. The average Bonchev–Trinajstić information content (AvgIpc) is 2.06. The van der Waals surface area contributed by atoms with Crippen LogP contribution >= 0.6 is 0 Å². The van der Waals surface area contributed by atoms with Crippen LogP contribution in [0.3, 0.4) is 0 Å². The zero-order chi connectivity index (χ0) is 4.57. The molecule has 2 heteroatoms. The Hall–Kier alpha value is -0.0800. The van der Waals surface area contributed by atoms with Crippen molar-refractivity contribution >= 4 is 0 Å². The molecule has 0 aromatic carbocycles. The van der Waals surface area contributed by atoms with Crippen LogP contribution in [0, 0.1) is 6.92 Å². The average molecular weight is 87.1 g/mol. The maximum absolute atomic E-state index is 8.46. The molecule has 2 atom stereocenters. The van der Waals surface area contributed by atoms with E-state index >= 15 is 0 Å². The quantitative estimate of drug-likeness (QED) is 0.440. The Morgan fingerprint density at radius 3 is 2.50 bits per heavy atom. The van der Waals surface area contributed by atoms with E-state index in [1.54, 1.807) is 0 Å². The van der Waals surface area contributed by atoms with Gasteiger partial charge in [0.2, 0.25) is 0 Å². The van der Waals surface area contributed by atoms with Gasteiger partial charge in [-0.2, -0.15) is 0 Å². The second-order valence-corrected chi connectivity index (χ2v) is 1.44. The van der Waals surface area contributed by atoms with E-state index < -0.39 is 6.10 Å². The number of hydrogen-bond acceptors (Lipinski definition) is 2. The molecule has 0 aliphatic carbocycles. The summed E-state index contributed by atoms with van der Waals surface area (Å²) in [6, 6.07) is 0. The van der Waals surface area contributed by atoms with Gasteiger partial charge in [0.1, 0.15) is 6.10 Å². The van der Waals surface area contributed by atoms with Gasteiger partial charge in [-0.15, -0.1) is 0 Å². The fraction of sp³-hybridized carbons (Fsp3) is 0.750. The molecule has 0 amide bonds. The summed E-state index contributed by atoms with van der Waals surface area (Å²) >= 11 is 0. The minimum absolute atomic E-state index is 0.0463. The van der Waals surface area contributed by atoms with Crippen LogP contribution in [-0.4, -0.2) is 23.9 Å². The second-order valence-electron chi connectivity index (χ2n) is 1.44. The van der Waals surface area contributed by atoms with E-state index in [-0.39, 0.29) is 6.10 Å². The summed E-state index contributed by atoms with van der Waals surface area (Å²) in [5.74, 6) is 0. The van der Waals surface area contributed by atoms with Gasteiger partial charge in [-0.3, -0.25) is 0 Å². The summed E-state index contributed by atoms with van der Waals surface area (Å²) in [6.07, 6.45) is -0.463. The van der Waals surface area contributed by atoms with Gasteiger partial charge in [0, 0.05) is 0 Å². The molecular formula is C4H7O2. The van der Waals surface area contributed by atoms with Gasteiger partial charge in [-0.25, -0.2) is 0 Å². The third kappa shape index (κ3) is 0.698. The van der Waals surface area contributed by atoms with Gasteiger partial charge in [-0.1, -0.05) is 0 Å².